The van der Waals surface area contributed by atoms with Gasteiger partial charge in [0.1, 0.15) is 5.69 Å². The number of halogens is 4. The summed E-state index contributed by atoms with van der Waals surface area (Å²) in [6.45, 7) is 1.58. The molecule has 0 aromatic carbocycles. The maximum absolute atomic E-state index is 14.0. The molecule has 2 amide bonds. The van der Waals surface area contributed by atoms with Crippen LogP contribution in [0.2, 0.25) is 0 Å². The lowest BCUT2D eigenvalue weighted by atomic mass is 9.79. The first kappa shape index (κ1) is 26.3. The predicted molar refractivity (Wildman–Crippen MR) is 133 cm³/mol. The van der Waals surface area contributed by atoms with Crippen molar-refractivity contribution in [1.29, 1.82) is 0 Å². The van der Waals surface area contributed by atoms with Crippen LogP contribution in [0.3, 0.4) is 0 Å². The summed E-state index contributed by atoms with van der Waals surface area (Å²) < 4.78 is 60.6. The van der Waals surface area contributed by atoms with E-state index >= 15 is 0 Å². The Morgan fingerprint density at radius 1 is 1.07 bits per heavy atom. The molecule has 4 aliphatic rings. The van der Waals surface area contributed by atoms with Gasteiger partial charge in [-0.1, -0.05) is 5.16 Å². The topological polar surface area (TPSA) is 127 Å². The van der Waals surface area contributed by atoms with E-state index in [0.717, 1.165) is 18.4 Å². The molecule has 3 aromatic rings. The Kier molecular flexibility index (Phi) is 5.92. The smallest absolute Gasteiger partial charge is 0.276 e. The summed E-state index contributed by atoms with van der Waals surface area (Å²) in [6.07, 6.45) is 5.22. The maximum Gasteiger partial charge on any atom is 0.276 e. The second-order valence-corrected chi connectivity index (χ2v) is 12.2. The van der Waals surface area contributed by atoms with Crippen LogP contribution < -0.4 is 10.6 Å². The zero-order valence-corrected chi connectivity index (χ0v) is 22.2. The number of aryl methyl sites for hydroxylation is 1. The molecule has 4 saturated carbocycles. The summed E-state index contributed by atoms with van der Waals surface area (Å²) in [7, 11) is 0. The lowest BCUT2D eigenvalue weighted by molar-refractivity contribution is -0.134. The molecular weight excluding hydrogens is 546 g/mol. The fraction of sp³-hybridized carbons (Fsp3) is 0.630. The lowest BCUT2D eigenvalue weighted by Gasteiger charge is -2.34. The van der Waals surface area contributed by atoms with E-state index in [-0.39, 0.29) is 67.5 Å². The molecule has 7 rings (SSSR count). The average Bonchev–Trinajstić information content (AvgIpc) is 3.52. The van der Waals surface area contributed by atoms with E-state index in [1.54, 1.807) is 23.8 Å². The zero-order chi connectivity index (χ0) is 28.7. The molecule has 2 N–H and O–H groups in total. The largest absolute Gasteiger partial charge is 0.349 e. The van der Waals surface area contributed by atoms with Crippen LogP contribution in [0.1, 0.15) is 84.5 Å². The number of carbonyl (C=O) groups excluding carboxylic acids is 2. The standard InChI is InChI=1S/C27H29F4N7O3/c1-12-22(37-41-36-12)25(40)35-24(15-5-17-18(6-15)27(17,30)31)19-11-38-20(33-19)7-16(10-32-38)23(14-2-3-14)34-21(39)4-13-8-26(28,29)9-13/h7,10-11,13-15,17-18,23-24H,2-6,8-9H2,1H3,(H,34,39)(H,35,40)/t15?,17-,18+,23-,24+/m1/s1. The van der Waals surface area contributed by atoms with Crippen molar-refractivity contribution in [2.45, 2.75) is 75.8 Å². The van der Waals surface area contributed by atoms with Crippen molar-refractivity contribution in [3.8, 4) is 0 Å². The van der Waals surface area contributed by atoms with E-state index in [1.807, 2.05) is 6.07 Å². The fourth-order valence-electron chi connectivity index (χ4n) is 6.76. The van der Waals surface area contributed by atoms with E-state index in [9.17, 15) is 27.2 Å². The van der Waals surface area contributed by atoms with Gasteiger partial charge in [0.2, 0.25) is 11.8 Å². The van der Waals surface area contributed by atoms with E-state index in [1.165, 1.54) is 0 Å². The predicted octanol–water partition coefficient (Wildman–Crippen LogP) is 4.19. The van der Waals surface area contributed by atoms with E-state index in [4.69, 9.17) is 4.98 Å². The number of amides is 2. The number of fused-ring (bicyclic) bond motifs is 2. The molecule has 41 heavy (non-hydrogen) atoms. The summed E-state index contributed by atoms with van der Waals surface area (Å²) in [4.78, 5) is 30.4. The van der Waals surface area contributed by atoms with Gasteiger partial charge in [-0.2, -0.15) is 5.10 Å². The van der Waals surface area contributed by atoms with Gasteiger partial charge < -0.3 is 10.6 Å². The van der Waals surface area contributed by atoms with Crippen molar-refractivity contribution < 1.29 is 31.8 Å². The molecule has 0 saturated heterocycles. The molecule has 0 bridgehead atoms. The van der Waals surface area contributed by atoms with Crippen molar-refractivity contribution in [1.82, 2.24) is 35.5 Å². The Bertz CT molecular complexity index is 1500. The number of nitrogens with zero attached hydrogens (tertiary/aromatic N) is 5. The third-order valence-corrected chi connectivity index (χ3v) is 9.20. The SMILES string of the molecule is Cc1nonc1C(=O)N[C@H](c1cn2ncc([C@H](NC(=O)CC3CC(F)(F)C3)C3CC3)cc2n1)C1C[C@@H]2[C@H](C1)C2(F)F. The molecule has 0 aliphatic heterocycles. The van der Waals surface area contributed by atoms with Crippen LogP contribution in [0.4, 0.5) is 17.6 Å². The number of hydrogen-bond acceptors (Lipinski definition) is 7. The highest BCUT2D eigenvalue weighted by Crippen LogP contribution is 2.67. The minimum Gasteiger partial charge on any atom is -0.349 e. The third-order valence-electron chi connectivity index (χ3n) is 9.20. The Hall–Kier alpha value is -3.58. The summed E-state index contributed by atoms with van der Waals surface area (Å²) in [5.41, 5.74) is 2.02. The maximum atomic E-state index is 14.0. The van der Waals surface area contributed by atoms with E-state index in [0.29, 0.717) is 17.0 Å². The second kappa shape index (κ2) is 9.21. The third kappa shape index (κ3) is 4.84. The van der Waals surface area contributed by atoms with Crippen LogP contribution in [0.5, 0.6) is 0 Å². The monoisotopic (exact) mass is 575 g/mol. The first-order valence-corrected chi connectivity index (χ1v) is 14.0. The normalized spacial score (nSPS) is 27.6. The van der Waals surface area contributed by atoms with Gasteiger partial charge in [0.25, 0.3) is 11.8 Å². The van der Waals surface area contributed by atoms with Crippen molar-refractivity contribution in [3.63, 3.8) is 0 Å². The summed E-state index contributed by atoms with van der Waals surface area (Å²) in [5.74, 6) is -7.86. The highest BCUT2D eigenvalue weighted by molar-refractivity contribution is 5.93. The van der Waals surface area contributed by atoms with Crippen LogP contribution in [0.25, 0.3) is 5.65 Å². The van der Waals surface area contributed by atoms with Gasteiger partial charge in [0.05, 0.1) is 30.2 Å². The summed E-state index contributed by atoms with van der Waals surface area (Å²) >= 11 is 0. The van der Waals surface area contributed by atoms with Crippen molar-refractivity contribution in [3.05, 3.63) is 41.1 Å². The highest BCUT2D eigenvalue weighted by Gasteiger charge is 2.72. The highest BCUT2D eigenvalue weighted by atomic mass is 19.3. The van der Waals surface area contributed by atoms with Crippen LogP contribution in [-0.2, 0) is 4.79 Å². The van der Waals surface area contributed by atoms with Gasteiger partial charge in [-0.05, 0) is 67.1 Å². The van der Waals surface area contributed by atoms with Crippen molar-refractivity contribution >= 4 is 17.5 Å². The van der Waals surface area contributed by atoms with Crippen molar-refractivity contribution in [2.75, 3.05) is 0 Å². The number of rotatable bonds is 9. The summed E-state index contributed by atoms with van der Waals surface area (Å²) in [6, 6.07) is 0.831. The van der Waals surface area contributed by atoms with E-state index in [2.05, 4.69) is 30.7 Å². The number of imidazole rings is 1. The molecule has 3 heterocycles. The second-order valence-electron chi connectivity index (χ2n) is 12.2. The molecule has 0 spiro atoms. The van der Waals surface area contributed by atoms with Crippen molar-refractivity contribution in [2.24, 2.45) is 29.6 Å². The first-order valence-electron chi connectivity index (χ1n) is 14.0. The molecular formula is C27H29F4N7O3. The van der Waals surface area contributed by atoms with Crippen LogP contribution >= 0.6 is 0 Å². The van der Waals surface area contributed by atoms with Crippen LogP contribution in [-0.4, -0.2) is 48.6 Å². The zero-order valence-electron chi connectivity index (χ0n) is 22.2. The first-order chi connectivity index (χ1) is 19.5. The lowest BCUT2D eigenvalue weighted by Crippen LogP contribution is -2.39. The Balaban J connectivity index is 1.12. The Morgan fingerprint density at radius 3 is 2.44 bits per heavy atom. The molecule has 14 heteroatoms. The minimum atomic E-state index is -2.67. The summed E-state index contributed by atoms with van der Waals surface area (Å²) in [5, 5.41) is 17.7. The molecule has 218 valence electrons. The molecule has 3 aromatic heterocycles. The number of alkyl halides is 4. The molecule has 5 atom stereocenters. The van der Waals surface area contributed by atoms with Gasteiger partial charge >= 0.3 is 0 Å². The minimum absolute atomic E-state index is 0.0151. The van der Waals surface area contributed by atoms with Crippen LogP contribution in [0, 0.1) is 36.5 Å². The number of aromatic nitrogens is 5. The molecule has 4 aliphatic carbocycles. The Morgan fingerprint density at radius 2 is 1.80 bits per heavy atom. The van der Waals surface area contributed by atoms with Gasteiger partial charge in [0.15, 0.2) is 11.3 Å². The van der Waals surface area contributed by atoms with Gasteiger partial charge in [-0.15, -0.1) is 0 Å². The van der Waals surface area contributed by atoms with E-state index < -0.39 is 35.6 Å². The fourth-order valence-corrected chi connectivity index (χ4v) is 6.76. The average molecular weight is 576 g/mol. The molecule has 0 radical (unpaired) electrons. The molecule has 1 unspecified atom stereocenters. The molecule has 10 nitrogen and oxygen atoms in total. The van der Waals surface area contributed by atoms with Gasteiger partial charge in [-0.25, -0.2) is 31.7 Å². The quantitative estimate of drug-likeness (QED) is 0.367. The van der Waals surface area contributed by atoms with Crippen LogP contribution in [0.15, 0.2) is 23.1 Å². The number of nitrogens with one attached hydrogen (secondary N) is 2. The molecule has 4 fully saturated rings. The number of hydrogen-bond donors (Lipinski definition) is 2. The Labute approximate surface area is 231 Å². The van der Waals surface area contributed by atoms with Gasteiger partial charge in [0, 0.05) is 31.1 Å². The number of carbonyl (C=O) groups is 2. The van der Waals surface area contributed by atoms with Gasteiger partial charge in [-0.3, -0.25) is 9.59 Å².